The molecule has 2 amide bonds. The number of aliphatic carboxylic acids is 1. The molecule has 0 spiro atoms. The van der Waals surface area contributed by atoms with Gasteiger partial charge in [0.15, 0.2) is 0 Å². The van der Waals surface area contributed by atoms with E-state index in [2.05, 4.69) is 6.58 Å². The number of carbonyl (C=O) groups excluding carboxylic acids is 1. The highest BCUT2D eigenvalue weighted by molar-refractivity contribution is 5.79. The third kappa shape index (κ3) is 2.83. The molecule has 0 bridgehead atoms. The number of carboxylic acid groups (broad SMARTS) is 1. The van der Waals surface area contributed by atoms with Crippen LogP contribution in [0.5, 0.6) is 0 Å². The molecule has 1 aliphatic rings. The van der Waals surface area contributed by atoms with Gasteiger partial charge < -0.3 is 14.9 Å². The molecule has 1 rings (SSSR count). The Morgan fingerprint density at radius 2 is 2.17 bits per heavy atom. The van der Waals surface area contributed by atoms with E-state index in [4.69, 9.17) is 5.11 Å². The molecule has 1 atom stereocenters. The highest BCUT2D eigenvalue weighted by atomic mass is 16.4. The highest BCUT2D eigenvalue weighted by Gasteiger charge is 2.43. The summed E-state index contributed by atoms with van der Waals surface area (Å²) in [5, 5.41) is 9.16. The number of carboxylic acids is 1. The highest BCUT2D eigenvalue weighted by Crippen LogP contribution is 2.30. The summed E-state index contributed by atoms with van der Waals surface area (Å²) in [6.45, 7) is 10.5. The number of carbonyl (C=O) groups is 2. The van der Waals surface area contributed by atoms with Crippen molar-refractivity contribution < 1.29 is 14.7 Å². The molecular formula is C13H22N2O3. The molecular weight excluding hydrogens is 232 g/mol. The van der Waals surface area contributed by atoms with Gasteiger partial charge in [-0.3, -0.25) is 4.79 Å². The molecule has 1 aliphatic heterocycles. The summed E-state index contributed by atoms with van der Waals surface area (Å²) >= 11 is 0. The third-order valence-electron chi connectivity index (χ3n) is 3.46. The van der Waals surface area contributed by atoms with Gasteiger partial charge in [-0.1, -0.05) is 6.08 Å². The smallest absolute Gasteiger partial charge is 0.320 e. The van der Waals surface area contributed by atoms with Crippen molar-refractivity contribution in [2.24, 2.45) is 5.41 Å². The molecule has 0 radical (unpaired) electrons. The van der Waals surface area contributed by atoms with Crippen LogP contribution in [0.4, 0.5) is 4.79 Å². The zero-order valence-corrected chi connectivity index (χ0v) is 11.3. The van der Waals surface area contributed by atoms with Gasteiger partial charge in [0.1, 0.15) is 0 Å². The largest absolute Gasteiger partial charge is 0.481 e. The van der Waals surface area contributed by atoms with Crippen molar-refractivity contribution in [2.45, 2.75) is 33.2 Å². The number of hydrogen-bond acceptors (Lipinski definition) is 2. The number of urea groups is 1. The number of nitrogens with zero attached hydrogens (tertiary/aromatic N) is 2. The van der Waals surface area contributed by atoms with Crippen LogP contribution in [-0.4, -0.2) is 52.6 Å². The number of rotatable bonds is 4. The Morgan fingerprint density at radius 3 is 2.56 bits per heavy atom. The molecule has 1 unspecified atom stereocenters. The Labute approximate surface area is 108 Å². The van der Waals surface area contributed by atoms with Crippen LogP contribution in [0, 0.1) is 5.41 Å². The summed E-state index contributed by atoms with van der Waals surface area (Å²) < 4.78 is 0. The average Bonchev–Trinajstić information content (AvgIpc) is 2.69. The van der Waals surface area contributed by atoms with Gasteiger partial charge in [0.2, 0.25) is 0 Å². The normalized spacial score (nSPS) is 23.2. The van der Waals surface area contributed by atoms with E-state index in [1.165, 1.54) is 0 Å². The van der Waals surface area contributed by atoms with E-state index in [0.29, 0.717) is 19.5 Å². The van der Waals surface area contributed by atoms with Crippen molar-refractivity contribution in [3.8, 4) is 0 Å². The van der Waals surface area contributed by atoms with E-state index < -0.39 is 11.4 Å². The van der Waals surface area contributed by atoms with Gasteiger partial charge in [0.25, 0.3) is 0 Å². The second-order valence-electron chi connectivity index (χ2n) is 5.35. The van der Waals surface area contributed by atoms with Crippen LogP contribution in [0.1, 0.15) is 27.2 Å². The van der Waals surface area contributed by atoms with E-state index in [1.54, 1.807) is 22.8 Å². The lowest BCUT2D eigenvalue weighted by Gasteiger charge is -2.31. The van der Waals surface area contributed by atoms with Crippen molar-refractivity contribution in [2.75, 3.05) is 19.6 Å². The molecule has 5 nitrogen and oxygen atoms in total. The first-order valence-electron chi connectivity index (χ1n) is 6.21. The lowest BCUT2D eigenvalue weighted by molar-refractivity contribution is -0.147. The fraction of sp³-hybridized carbons (Fsp3) is 0.692. The van der Waals surface area contributed by atoms with Gasteiger partial charge in [-0.05, 0) is 27.2 Å². The van der Waals surface area contributed by atoms with Crippen LogP contribution in [0.15, 0.2) is 12.7 Å². The minimum atomic E-state index is -0.836. The maximum Gasteiger partial charge on any atom is 0.320 e. The van der Waals surface area contributed by atoms with E-state index in [9.17, 15) is 9.59 Å². The fourth-order valence-electron chi connectivity index (χ4n) is 2.13. The molecule has 5 heteroatoms. The zero-order chi connectivity index (χ0) is 13.9. The Morgan fingerprint density at radius 1 is 1.56 bits per heavy atom. The Hall–Kier alpha value is -1.52. The van der Waals surface area contributed by atoms with Gasteiger partial charge in [0, 0.05) is 25.7 Å². The minimum absolute atomic E-state index is 0.0761. The van der Waals surface area contributed by atoms with E-state index >= 15 is 0 Å². The van der Waals surface area contributed by atoms with Crippen LogP contribution in [-0.2, 0) is 4.79 Å². The number of amides is 2. The molecule has 18 heavy (non-hydrogen) atoms. The molecule has 102 valence electrons. The second kappa shape index (κ2) is 5.42. The van der Waals surface area contributed by atoms with E-state index in [0.717, 1.165) is 0 Å². The van der Waals surface area contributed by atoms with Gasteiger partial charge in [-0.2, -0.15) is 0 Å². The number of hydrogen-bond donors (Lipinski definition) is 1. The SMILES string of the molecule is C=CCN(C(=O)N1CCC(C)(C(=O)O)C1)C(C)C. The zero-order valence-electron chi connectivity index (χ0n) is 11.3. The van der Waals surface area contributed by atoms with Crippen LogP contribution >= 0.6 is 0 Å². The summed E-state index contributed by atoms with van der Waals surface area (Å²) in [5.74, 6) is -0.836. The lowest BCUT2D eigenvalue weighted by Crippen LogP contribution is -2.46. The molecule has 1 heterocycles. The molecule has 0 aromatic carbocycles. The summed E-state index contributed by atoms with van der Waals surface area (Å²) in [4.78, 5) is 26.8. The second-order valence-corrected chi connectivity index (χ2v) is 5.35. The van der Waals surface area contributed by atoms with Crippen molar-refractivity contribution in [3.05, 3.63) is 12.7 Å². The van der Waals surface area contributed by atoms with Gasteiger partial charge in [-0.25, -0.2) is 4.79 Å². The Kier molecular flexibility index (Phi) is 4.38. The van der Waals surface area contributed by atoms with Crippen LogP contribution < -0.4 is 0 Å². The quantitative estimate of drug-likeness (QED) is 0.778. The predicted octanol–water partition coefficient (Wildman–Crippen LogP) is 1.80. The average molecular weight is 254 g/mol. The Bertz CT molecular complexity index is 354. The summed E-state index contributed by atoms with van der Waals surface area (Å²) in [5.41, 5.74) is -0.813. The first kappa shape index (κ1) is 14.5. The predicted molar refractivity (Wildman–Crippen MR) is 69.4 cm³/mol. The van der Waals surface area contributed by atoms with Crippen molar-refractivity contribution in [1.82, 2.24) is 9.80 Å². The standard InChI is InChI=1S/C13H22N2O3/c1-5-7-15(10(2)3)12(18)14-8-6-13(4,9-14)11(16)17/h5,10H,1,6-9H2,2-4H3,(H,16,17). The molecule has 1 saturated heterocycles. The maximum absolute atomic E-state index is 12.3. The van der Waals surface area contributed by atoms with Gasteiger partial charge >= 0.3 is 12.0 Å². The van der Waals surface area contributed by atoms with Crippen molar-refractivity contribution in [3.63, 3.8) is 0 Å². The van der Waals surface area contributed by atoms with Crippen LogP contribution in [0.25, 0.3) is 0 Å². The van der Waals surface area contributed by atoms with Crippen molar-refractivity contribution >= 4 is 12.0 Å². The van der Waals surface area contributed by atoms with Crippen molar-refractivity contribution in [1.29, 1.82) is 0 Å². The van der Waals surface area contributed by atoms with E-state index in [-0.39, 0.29) is 18.6 Å². The molecule has 0 aromatic rings. The topological polar surface area (TPSA) is 60.9 Å². The van der Waals surface area contributed by atoms with Crippen LogP contribution in [0.2, 0.25) is 0 Å². The Balaban J connectivity index is 2.74. The monoisotopic (exact) mass is 254 g/mol. The maximum atomic E-state index is 12.3. The molecule has 1 N–H and O–H groups in total. The third-order valence-corrected chi connectivity index (χ3v) is 3.46. The molecule has 0 aliphatic carbocycles. The lowest BCUT2D eigenvalue weighted by atomic mass is 9.90. The minimum Gasteiger partial charge on any atom is -0.481 e. The molecule has 0 saturated carbocycles. The van der Waals surface area contributed by atoms with E-state index in [1.807, 2.05) is 13.8 Å². The first-order valence-corrected chi connectivity index (χ1v) is 6.21. The summed E-state index contributed by atoms with van der Waals surface area (Å²) in [7, 11) is 0. The molecule has 1 fully saturated rings. The van der Waals surface area contributed by atoms with Crippen LogP contribution in [0.3, 0.4) is 0 Å². The fourth-order valence-corrected chi connectivity index (χ4v) is 2.13. The van der Waals surface area contributed by atoms with Gasteiger partial charge in [-0.15, -0.1) is 6.58 Å². The summed E-state index contributed by atoms with van der Waals surface area (Å²) in [6, 6.07) is -0.0259. The molecule has 0 aromatic heterocycles. The van der Waals surface area contributed by atoms with Gasteiger partial charge in [0.05, 0.1) is 5.41 Å². The first-order chi connectivity index (χ1) is 8.31. The number of likely N-dealkylation sites (tertiary alicyclic amines) is 1. The summed E-state index contributed by atoms with van der Waals surface area (Å²) in [6.07, 6.45) is 2.19.